The highest BCUT2D eigenvalue weighted by Crippen LogP contribution is 2.09. The Kier molecular flexibility index (Phi) is 1.24. The second-order valence-electron chi connectivity index (χ2n) is 1.70. The summed E-state index contributed by atoms with van der Waals surface area (Å²) in [5.74, 6) is 0.939. The van der Waals surface area contributed by atoms with E-state index in [1.54, 1.807) is 6.26 Å². The fourth-order valence-electron chi connectivity index (χ4n) is 0.575. The molecule has 1 rings (SSSR count). The molecule has 0 unspecified atom stereocenters. The highest BCUT2D eigenvalue weighted by Gasteiger charge is 1.90. The SMILES string of the molecule is CNc1coc(C)c1. The van der Waals surface area contributed by atoms with Crippen molar-refractivity contribution in [3.63, 3.8) is 0 Å². The Bertz CT molecular complexity index is 169. The van der Waals surface area contributed by atoms with Crippen molar-refractivity contribution in [3.05, 3.63) is 18.1 Å². The van der Waals surface area contributed by atoms with E-state index < -0.39 is 0 Å². The first kappa shape index (κ1) is 5.22. The van der Waals surface area contributed by atoms with Crippen LogP contribution in [0, 0.1) is 6.92 Å². The lowest BCUT2D eigenvalue weighted by Gasteiger charge is -1.85. The van der Waals surface area contributed by atoms with Crippen LogP contribution in [0.5, 0.6) is 0 Å². The van der Waals surface area contributed by atoms with Gasteiger partial charge in [-0.1, -0.05) is 0 Å². The summed E-state index contributed by atoms with van der Waals surface area (Å²) in [6, 6.07) is 1.94. The topological polar surface area (TPSA) is 25.2 Å². The van der Waals surface area contributed by atoms with Gasteiger partial charge < -0.3 is 9.73 Å². The minimum Gasteiger partial charge on any atom is -0.467 e. The van der Waals surface area contributed by atoms with Crippen LogP contribution in [0.2, 0.25) is 0 Å². The second-order valence-corrected chi connectivity index (χ2v) is 1.70. The molecule has 0 saturated heterocycles. The number of hydrogen-bond acceptors (Lipinski definition) is 2. The maximum absolute atomic E-state index is 4.99. The molecule has 0 fully saturated rings. The molecule has 1 heterocycles. The van der Waals surface area contributed by atoms with Crippen molar-refractivity contribution in [3.8, 4) is 0 Å². The Labute approximate surface area is 48.5 Å². The van der Waals surface area contributed by atoms with E-state index in [4.69, 9.17) is 4.42 Å². The van der Waals surface area contributed by atoms with Crippen molar-refractivity contribution in [2.45, 2.75) is 6.92 Å². The molecule has 0 aliphatic heterocycles. The predicted octanol–water partition coefficient (Wildman–Crippen LogP) is 1.63. The zero-order chi connectivity index (χ0) is 5.98. The quantitative estimate of drug-likeness (QED) is 0.595. The molecule has 0 atom stereocenters. The molecule has 8 heavy (non-hydrogen) atoms. The monoisotopic (exact) mass is 111 g/mol. The maximum Gasteiger partial charge on any atom is 0.114 e. The molecule has 44 valence electrons. The molecular weight excluding hydrogens is 102 g/mol. The van der Waals surface area contributed by atoms with E-state index >= 15 is 0 Å². The van der Waals surface area contributed by atoms with E-state index in [1.165, 1.54) is 0 Å². The third kappa shape index (κ3) is 0.832. The average molecular weight is 111 g/mol. The van der Waals surface area contributed by atoms with Crippen LogP contribution in [-0.4, -0.2) is 7.05 Å². The van der Waals surface area contributed by atoms with Crippen LogP contribution >= 0.6 is 0 Å². The summed E-state index contributed by atoms with van der Waals surface area (Å²) in [5, 5.41) is 2.95. The van der Waals surface area contributed by atoms with E-state index in [0.717, 1.165) is 11.4 Å². The van der Waals surface area contributed by atoms with Gasteiger partial charge in [-0.15, -0.1) is 0 Å². The Hall–Kier alpha value is -0.920. The summed E-state index contributed by atoms with van der Waals surface area (Å²) < 4.78 is 4.99. The van der Waals surface area contributed by atoms with Gasteiger partial charge in [-0.2, -0.15) is 0 Å². The molecule has 0 saturated carbocycles. The minimum absolute atomic E-state index is 0.939. The van der Waals surface area contributed by atoms with Crippen LogP contribution in [-0.2, 0) is 0 Å². The number of hydrogen-bond donors (Lipinski definition) is 1. The predicted molar refractivity (Wildman–Crippen MR) is 33.0 cm³/mol. The molecule has 2 nitrogen and oxygen atoms in total. The first-order valence-corrected chi connectivity index (χ1v) is 2.56. The first-order valence-electron chi connectivity index (χ1n) is 2.56. The van der Waals surface area contributed by atoms with Crippen LogP contribution in [0.4, 0.5) is 5.69 Å². The van der Waals surface area contributed by atoms with Crippen LogP contribution in [0.1, 0.15) is 5.76 Å². The number of aryl methyl sites for hydroxylation is 1. The van der Waals surface area contributed by atoms with E-state index in [-0.39, 0.29) is 0 Å². The van der Waals surface area contributed by atoms with Gasteiger partial charge in [0.05, 0.1) is 5.69 Å². The lowest BCUT2D eigenvalue weighted by molar-refractivity contribution is 0.535. The van der Waals surface area contributed by atoms with Gasteiger partial charge in [-0.25, -0.2) is 0 Å². The fourth-order valence-corrected chi connectivity index (χ4v) is 0.575. The molecule has 0 amide bonds. The normalized spacial score (nSPS) is 9.25. The number of rotatable bonds is 1. The van der Waals surface area contributed by atoms with E-state index in [1.807, 2.05) is 20.0 Å². The summed E-state index contributed by atoms with van der Waals surface area (Å²) in [5.41, 5.74) is 1.03. The highest BCUT2D eigenvalue weighted by atomic mass is 16.3. The molecule has 1 aromatic heterocycles. The number of nitrogens with one attached hydrogen (secondary N) is 1. The van der Waals surface area contributed by atoms with Gasteiger partial charge in [0.25, 0.3) is 0 Å². The zero-order valence-corrected chi connectivity index (χ0v) is 5.06. The number of furan rings is 1. The van der Waals surface area contributed by atoms with Gasteiger partial charge in [0.15, 0.2) is 0 Å². The third-order valence-electron chi connectivity index (χ3n) is 1.02. The fraction of sp³-hybridized carbons (Fsp3) is 0.333. The van der Waals surface area contributed by atoms with E-state index in [0.29, 0.717) is 0 Å². The average Bonchev–Trinajstić information content (AvgIpc) is 2.14. The van der Waals surface area contributed by atoms with Gasteiger partial charge in [0.1, 0.15) is 12.0 Å². The van der Waals surface area contributed by atoms with Crippen LogP contribution < -0.4 is 5.32 Å². The Morgan fingerprint density at radius 1 is 1.62 bits per heavy atom. The zero-order valence-electron chi connectivity index (χ0n) is 5.06. The molecule has 2 heteroatoms. The Balaban J connectivity index is 2.84. The molecular formula is C6H9NO. The van der Waals surface area contributed by atoms with Crippen LogP contribution in [0.15, 0.2) is 16.7 Å². The summed E-state index contributed by atoms with van der Waals surface area (Å²) in [6.45, 7) is 1.92. The maximum atomic E-state index is 4.99. The Morgan fingerprint density at radius 3 is 2.62 bits per heavy atom. The van der Waals surface area contributed by atoms with Crippen molar-refractivity contribution in [2.75, 3.05) is 12.4 Å². The summed E-state index contributed by atoms with van der Waals surface area (Å²) in [4.78, 5) is 0. The van der Waals surface area contributed by atoms with Gasteiger partial charge >= 0.3 is 0 Å². The van der Waals surface area contributed by atoms with Gasteiger partial charge in [0.2, 0.25) is 0 Å². The third-order valence-corrected chi connectivity index (χ3v) is 1.02. The lowest BCUT2D eigenvalue weighted by atomic mass is 10.4. The van der Waals surface area contributed by atoms with Crippen LogP contribution in [0.25, 0.3) is 0 Å². The van der Waals surface area contributed by atoms with Crippen LogP contribution in [0.3, 0.4) is 0 Å². The van der Waals surface area contributed by atoms with Crippen molar-refractivity contribution < 1.29 is 4.42 Å². The molecule has 0 aromatic carbocycles. The Morgan fingerprint density at radius 2 is 2.38 bits per heavy atom. The smallest absolute Gasteiger partial charge is 0.114 e. The minimum atomic E-state index is 0.939. The molecule has 1 N–H and O–H groups in total. The molecule has 0 aliphatic rings. The van der Waals surface area contributed by atoms with E-state index in [2.05, 4.69) is 5.32 Å². The van der Waals surface area contributed by atoms with Gasteiger partial charge in [0, 0.05) is 13.1 Å². The van der Waals surface area contributed by atoms with Crippen molar-refractivity contribution >= 4 is 5.69 Å². The number of anilines is 1. The summed E-state index contributed by atoms with van der Waals surface area (Å²) >= 11 is 0. The van der Waals surface area contributed by atoms with Crippen molar-refractivity contribution in [1.82, 2.24) is 0 Å². The van der Waals surface area contributed by atoms with Gasteiger partial charge in [-0.05, 0) is 6.92 Å². The molecule has 0 radical (unpaired) electrons. The summed E-state index contributed by atoms with van der Waals surface area (Å²) in [6.07, 6.45) is 1.69. The molecule has 0 bridgehead atoms. The highest BCUT2D eigenvalue weighted by molar-refractivity contribution is 5.39. The van der Waals surface area contributed by atoms with Gasteiger partial charge in [-0.3, -0.25) is 0 Å². The molecule has 0 aliphatic carbocycles. The lowest BCUT2D eigenvalue weighted by Crippen LogP contribution is -1.81. The largest absolute Gasteiger partial charge is 0.467 e. The first-order chi connectivity index (χ1) is 3.83. The van der Waals surface area contributed by atoms with E-state index in [9.17, 15) is 0 Å². The standard InChI is InChI=1S/C6H9NO/c1-5-3-6(7-2)4-8-5/h3-4,7H,1-2H3. The summed E-state index contributed by atoms with van der Waals surface area (Å²) in [7, 11) is 1.87. The second kappa shape index (κ2) is 1.90. The molecule has 0 spiro atoms. The van der Waals surface area contributed by atoms with Crippen molar-refractivity contribution in [1.29, 1.82) is 0 Å². The van der Waals surface area contributed by atoms with Crippen molar-refractivity contribution in [2.24, 2.45) is 0 Å². The molecule has 1 aromatic rings.